The summed E-state index contributed by atoms with van der Waals surface area (Å²) in [6, 6.07) is 0.527. The van der Waals surface area contributed by atoms with Crippen LogP contribution in [0, 0.1) is 0 Å². The van der Waals surface area contributed by atoms with Gasteiger partial charge < -0.3 is 5.32 Å². The summed E-state index contributed by atoms with van der Waals surface area (Å²) in [7, 11) is 1.77. The number of nitrogens with zero attached hydrogens (tertiary/aromatic N) is 4. The first-order chi connectivity index (χ1) is 6.72. The maximum atomic E-state index is 4.09. The minimum absolute atomic E-state index is 0.527. The van der Waals surface area contributed by atoms with E-state index >= 15 is 0 Å². The molecule has 0 aliphatic carbocycles. The van der Waals surface area contributed by atoms with E-state index in [0.717, 1.165) is 5.82 Å². The van der Waals surface area contributed by atoms with E-state index in [0.29, 0.717) is 12.6 Å². The van der Waals surface area contributed by atoms with Crippen LogP contribution in [-0.4, -0.2) is 26.2 Å². The molecular weight excluding hydrogens is 178 g/mol. The Hall–Kier alpha value is -0.970. The van der Waals surface area contributed by atoms with Crippen LogP contribution in [0.1, 0.15) is 38.9 Å². The Morgan fingerprint density at radius 2 is 2.29 bits per heavy atom. The topological polar surface area (TPSA) is 55.6 Å². The van der Waals surface area contributed by atoms with Crippen molar-refractivity contribution < 1.29 is 0 Å². The Labute approximate surface area is 84.9 Å². The van der Waals surface area contributed by atoms with E-state index in [9.17, 15) is 0 Å². The van der Waals surface area contributed by atoms with Crippen molar-refractivity contribution in [1.82, 2.24) is 25.5 Å². The predicted octanol–water partition coefficient (Wildman–Crippen LogP) is 0.878. The zero-order valence-corrected chi connectivity index (χ0v) is 9.19. The number of unbranched alkanes of at least 4 members (excludes halogenated alkanes) is 1. The van der Waals surface area contributed by atoms with Crippen LogP contribution in [0.3, 0.4) is 0 Å². The molecule has 0 aliphatic heterocycles. The lowest BCUT2D eigenvalue weighted by molar-refractivity contribution is 0.486. The van der Waals surface area contributed by atoms with Crippen molar-refractivity contribution in [3.05, 3.63) is 5.82 Å². The zero-order valence-electron chi connectivity index (χ0n) is 9.19. The van der Waals surface area contributed by atoms with E-state index < -0.39 is 0 Å². The van der Waals surface area contributed by atoms with Gasteiger partial charge in [0.05, 0.1) is 13.6 Å². The maximum Gasteiger partial charge on any atom is 0.188 e. The van der Waals surface area contributed by atoms with Gasteiger partial charge in [0.1, 0.15) is 0 Å². The van der Waals surface area contributed by atoms with Gasteiger partial charge in [-0.25, -0.2) is 0 Å². The molecule has 1 heterocycles. The molecule has 1 aromatic rings. The smallest absolute Gasteiger partial charge is 0.188 e. The summed E-state index contributed by atoms with van der Waals surface area (Å²) in [6.07, 6.45) is 3.72. The van der Waals surface area contributed by atoms with E-state index in [4.69, 9.17) is 0 Å². The number of hydrogen-bond acceptors (Lipinski definition) is 4. The third-order valence-electron chi connectivity index (χ3n) is 2.15. The molecule has 0 bridgehead atoms. The lowest BCUT2D eigenvalue weighted by atomic mass is 10.1. The minimum atomic E-state index is 0.527. The Bertz CT molecular complexity index is 257. The highest BCUT2D eigenvalue weighted by atomic mass is 15.6. The Balaban J connectivity index is 2.20. The quantitative estimate of drug-likeness (QED) is 0.735. The van der Waals surface area contributed by atoms with Gasteiger partial charge in [0.25, 0.3) is 0 Å². The molecule has 14 heavy (non-hydrogen) atoms. The molecule has 1 aromatic heterocycles. The van der Waals surface area contributed by atoms with Crippen LogP contribution < -0.4 is 5.32 Å². The minimum Gasteiger partial charge on any atom is -0.307 e. The van der Waals surface area contributed by atoms with E-state index in [1.54, 1.807) is 7.05 Å². The molecule has 1 atom stereocenters. The van der Waals surface area contributed by atoms with Crippen LogP contribution >= 0.6 is 0 Å². The number of aromatic nitrogens is 4. The molecule has 1 rings (SSSR count). The highest BCUT2D eigenvalue weighted by Crippen LogP contribution is 1.99. The number of aryl methyl sites for hydroxylation is 1. The summed E-state index contributed by atoms with van der Waals surface area (Å²) in [5.41, 5.74) is 0. The van der Waals surface area contributed by atoms with Gasteiger partial charge in [-0.3, -0.25) is 0 Å². The summed E-state index contributed by atoms with van der Waals surface area (Å²) < 4.78 is 0. The average Bonchev–Trinajstić information content (AvgIpc) is 2.58. The highest BCUT2D eigenvalue weighted by molar-refractivity contribution is 4.76. The second-order valence-electron chi connectivity index (χ2n) is 3.62. The van der Waals surface area contributed by atoms with Crippen molar-refractivity contribution in [3.8, 4) is 0 Å². The summed E-state index contributed by atoms with van der Waals surface area (Å²) in [5, 5.41) is 15.1. The van der Waals surface area contributed by atoms with Gasteiger partial charge in [-0.05, 0) is 18.6 Å². The molecule has 0 spiro atoms. The van der Waals surface area contributed by atoms with Gasteiger partial charge in [-0.15, -0.1) is 10.2 Å². The molecule has 5 heteroatoms. The molecule has 0 aliphatic rings. The van der Waals surface area contributed by atoms with Crippen molar-refractivity contribution in [2.45, 2.75) is 45.7 Å². The van der Waals surface area contributed by atoms with E-state index in [1.807, 2.05) is 0 Å². The third-order valence-corrected chi connectivity index (χ3v) is 2.15. The number of nitrogens with one attached hydrogen (secondary N) is 1. The second-order valence-corrected chi connectivity index (χ2v) is 3.62. The Kier molecular flexibility index (Phi) is 4.52. The van der Waals surface area contributed by atoms with Crippen LogP contribution in [0.5, 0.6) is 0 Å². The fourth-order valence-electron chi connectivity index (χ4n) is 1.27. The van der Waals surface area contributed by atoms with Gasteiger partial charge in [-0.1, -0.05) is 19.8 Å². The predicted molar refractivity (Wildman–Crippen MR) is 54.6 cm³/mol. The summed E-state index contributed by atoms with van der Waals surface area (Å²) >= 11 is 0. The first-order valence-electron chi connectivity index (χ1n) is 5.18. The molecule has 0 fully saturated rings. The third kappa shape index (κ3) is 3.83. The van der Waals surface area contributed by atoms with E-state index in [2.05, 4.69) is 34.6 Å². The fraction of sp³-hybridized carbons (Fsp3) is 0.889. The van der Waals surface area contributed by atoms with Crippen LogP contribution in [0.2, 0.25) is 0 Å². The molecule has 1 unspecified atom stereocenters. The van der Waals surface area contributed by atoms with Gasteiger partial charge in [-0.2, -0.15) is 4.80 Å². The van der Waals surface area contributed by atoms with Crippen LogP contribution in [0.15, 0.2) is 0 Å². The highest BCUT2D eigenvalue weighted by Gasteiger charge is 2.03. The largest absolute Gasteiger partial charge is 0.307 e. The van der Waals surface area contributed by atoms with Crippen molar-refractivity contribution in [2.75, 3.05) is 0 Å². The molecule has 0 saturated heterocycles. The number of rotatable bonds is 6. The van der Waals surface area contributed by atoms with Crippen molar-refractivity contribution in [1.29, 1.82) is 0 Å². The summed E-state index contributed by atoms with van der Waals surface area (Å²) in [5.74, 6) is 0.760. The monoisotopic (exact) mass is 197 g/mol. The summed E-state index contributed by atoms with van der Waals surface area (Å²) in [4.78, 5) is 1.48. The molecule has 80 valence electrons. The average molecular weight is 197 g/mol. The van der Waals surface area contributed by atoms with Crippen LogP contribution in [0.4, 0.5) is 0 Å². The molecule has 0 amide bonds. The maximum absolute atomic E-state index is 4.09. The van der Waals surface area contributed by atoms with E-state index in [1.165, 1.54) is 24.1 Å². The Morgan fingerprint density at radius 3 is 2.86 bits per heavy atom. The normalized spacial score (nSPS) is 13.1. The van der Waals surface area contributed by atoms with Crippen molar-refractivity contribution in [2.24, 2.45) is 7.05 Å². The first kappa shape index (κ1) is 11.1. The fourth-order valence-corrected chi connectivity index (χ4v) is 1.27. The van der Waals surface area contributed by atoms with Gasteiger partial charge in [0.15, 0.2) is 5.82 Å². The Morgan fingerprint density at radius 1 is 1.50 bits per heavy atom. The zero-order chi connectivity index (χ0) is 10.4. The lowest BCUT2D eigenvalue weighted by Gasteiger charge is -2.10. The number of tetrazole rings is 1. The first-order valence-corrected chi connectivity index (χ1v) is 5.18. The molecule has 0 aromatic carbocycles. The molecule has 5 nitrogen and oxygen atoms in total. The second kappa shape index (κ2) is 5.70. The number of hydrogen-bond donors (Lipinski definition) is 1. The molecular formula is C9H19N5. The lowest BCUT2D eigenvalue weighted by Crippen LogP contribution is -2.25. The molecule has 0 radical (unpaired) electrons. The van der Waals surface area contributed by atoms with Gasteiger partial charge in [0.2, 0.25) is 0 Å². The molecule has 0 saturated carbocycles. The SMILES string of the molecule is CCCCC(C)NCc1nnn(C)n1. The van der Waals surface area contributed by atoms with Gasteiger partial charge >= 0.3 is 0 Å². The van der Waals surface area contributed by atoms with Crippen LogP contribution in [0.25, 0.3) is 0 Å². The van der Waals surface area contributed by atoms with Crippen molar-refractivity contribution in [3.63, 3.8) is 0 Å². The van der Waals surface area contributed by atoms with Gasteiger partial charge in [0, 0.05) is 6.04 Å². The summed E-state index contributed by atoms with van der Waals surface area (Å²) in [6.45, 7) is 5.10. The van der Waals surface area contributed by atoms with Crippen molar-refractivity contribution >= 4 is 0 Å². The molecule has 1 N–H and O–H groups in total. The van der Waals surface area contributed by atoms with Crippen LogP contribution in [-0.2, 0) is 13.6 Å². The van der Waals surface area contributed by atoms with E-state index in [-0.39, 0.29) is 0 Å². The standard InChI is InChI=1S/C9H19N5/c1-4-5-6-8(2)10-7-9-11-13-14(3)12-9/h8,10H,4-7H2,1-3H3.